The zero-order valence-electron chi connectivity index (χ0n) is 11.5. The molecule has 0 radical (unpaired) electrons. The molecule has 108 valence electrons. The molecule has 0 aromatic rings. The average molecular weight is 270 g/mol. The van der Waals surface area contributed by atoms with Crippen LogP contribution in [0.15, 0.2) is 0 Å². The maximum absolute atomic E-state index is 11.7. The van der Waals surface area contributed by atoms with Crippen LogP contribution >= 0.6 is 0 Å². The van der Waals surface area contributed by atoms with E-state index in [0.29, 0.717) is 13.0 Å². The fourth-order valence-corrected chi connectivity index (χ4v) is 2.55. The van der Waals surface area contributed by atoms with Crippen LogP contribution < -0.4 is 0 Å². The molecule has 0 saturated carbocycles. The molecule has 1 unspecified atom stereocenters. The smallest absolute Gasteiger partial charge is 0.317 e. The fraction of sp³-hybridized carbons (Fsp3) is 0.846. The Hall–Kier alpha value is -0.980. The van der Waals surface area contributed by atoms with E-state index in [9.17, 15) is 9.59 Å². The highest BCUT2D eigenvalue weighted by atomic mass is 16.5. The third-order valence-corrected chi connectivity index (χ3v) is 3.83. The van der Waals surface area contributed by atoms with Gasteiger partial charge in [0.1, 0.15) is 11.7 Å². The van der Waals surface area contributed by atoms with Crippen molar-refractivity contribution in [3.05, 3.63) is 0 Å². The predicted octanol–water partition coefficient (Wildman–Crippen LogP) is -0.617. The van der Waals surface area contributed by atoms with E-state index in [2.05, 4.69) is 14.5 Å². The first kappa shape index (κ1) is 14.4. The number of hydrogen-bond donors (Lipinski definition) is 0. The summed E-state index contributed by atoms with van der Waals surface area (Å²) in [7, 11) is 1.34. The van der Waals surface area contributed by atoms with Gasteiger partial charge in [-0.25, -0.2) is 0 Å². The maximum atomic E-state index is 11.7. The first-order valence-electron chi connectivity index (χ1n) is 6.83. The van der Waals surface area contributed by atoms with E-state index in [1.54, 1.807) is 0 Å². The molecular weight excluding hydrogens is 248 g/mol. The Morgan fingerprint density at radius 2 is 1.95 bits per heavy atom. The maximum Gasteiger partial charge on any atom is 0.317 e. The number of rotatable bonds is 4. The molecule has 2 saturated heterocycles. The quantitative estimate of drug-likeness (QED) is 0.501. The number of carbonyl (C=O) groups excluding carboxylic acids is 2. The molecule has 0 N–H and O–H groups in total. The van der Waals surface area contributed by atoms with Crippen molar-refractivity contribution >= 4 is 11.8 Å². The highest BCUT2D eigenvalue weighted by Crippen LogP contribution is 2.14. The van der Waals surface area contributed by atoms with Gasteiger partial charge in [-0.3, -0.25) is 14.5 Å². The molecule has 2 heterocycles. The zero-order chi connectivity index (χ0) is 13.7. The molecule has 2 aliphatic rings. The van der Waals surface area contributed by atoms with E-state index in [1.807, 2.05) is 0 Å². The highest BCUT2D eigenvalue weighted by Gasteiger charge is 2.33. The van der Waals surface area contributed by atoms with Crippen LogP contribution in [0, 0.1) is 5.92 Å². The molecule has 6 nitrogen and oxygen atoms in total. The van der Waals surface area contributed by atoms with Gasteiger partial charge in [-0.05, 0) is 0 Å². The number of esters is 1. The van der Waals surface area contributed by atoms with E-state index in [0.717, 1.165) is 45.9 Å². The third kappa shape index (κ3) is 3.99. The van der Waals surface area contributed by atoms with Crippen LogP contribution in [0.25, 0.3) is 0 Å². The van der Waals surface area contributed by atoms with Crippen molar-refractivity contribution in [1.82, 2.24) is 9.80 Å². The highest BCUT2D eigenvalue weighted by molar-refractivity contribution is 5.99. The van der Waals surface area contributed by atoms with E-state index in [4.69, 9.17) is 4.74 Å². The fourth-order valence-electron chi connectivity index (χ4n) is 2.55. The van der Waals surface area contributed by atoms with Gasteiger partial charge >= 0.3 is 5.97 Å². The second kappa shape index (κ2) is 6.98. The second-order valence-electron chi connectivity index (χ2n) is 5.05. The predicted molar refractivity (Wildman–Crippen MR) is 68.8 cm³/mol. The van der Waals surface area contributed by atoms with Gasteiger partial charge in [0.2, 0.25) is 0 Å². The number of nitrogens with zero attached hydrogens (tertiary/aromatic N) is 2. The minimum Gasteiger partial charge on any atom is -0.468 e. The van der Waals surface area contributed by atoms with Gasteiger partial charge in [0, 0.05) is 45.7 Å². The van der Waals surface area contributed by atoms with Crippen molar-refractivity contribution < 1.29 is 19.1 Å². The molecule has 19 heavy (non-hydrogen) atoms. The van der Waals surface area contributed by atoms with Gasteiger partial charge in [-0.1, -0.05) is 0 Å². The van der Waals surface area contributed by atoms with Crippen LogP contribution in [0.1, 0.15) is 6.42 Å². The summed E-state index contributed by atoms with van der Waals surface area (Å²) in [6.07, 6.45) is 0.447. The minimum absolute atomic E-state index is 0.00877. The molecule has 2 fully saturated rings. The summed E-state index contributed by atoms with van der Waals surface area (Å²) >= 11 is 0. The number of carbonyl (C=O) groups is 2. The Bertz CT molecular complexity index is 321. The molecule has 2 aliphatic heterocycles. The molecule has 0 spiro atoms. The summed E-state index contributed by atoms with van der Waals surface area (Å²) in [6.45, 7) is 6.62. The molecule has 0 bridgehead atoms. The normalized spacial score (nSPS) is 26.4. The van der Waals surface area contributed by atoms with Gasteiger partial charge in [0.15, 0.2) is 0 Å². The summed E-state index contributed by atoms with van der Waals surface area (Å²) in [4.78, 5) is 27.8. The number of Topliss-reactive ketones (excluding diaryl/α,β-unsaturated/α-hetero) is 1. The first-order chi connectivity index (χ1) is 9.20. The van der Waals surface area contributed by atoms with Crippen molar-refractivity contribution in [2.75, 3.05) is 59.6 Å². The van der Waals surface area contributed by atoms with Gasteiger partial charge in [-0.15, -0.1) is 0 Å². The molecule has 2 rings (SSSR count). The lowest BCUT2D eigenvalue weighted by Crippen LogP contribution is -2.48. The Balaban J connectivity index is 1.77. The van der Waals surface area contributed by atoms with Crippen molar-refractivity contribution in [3.8, 4) is 0 Å². The Labute approximate surface area is 113 Å². The summed E-state index contributed by atoms with van der Waals surface area (Å²) in [6, 6.07) is 0. The molecule has 0 aromatic heterocycles. The van der Waals surface area contributed by atoms with Crippen LogP contribution in [0.3, 0.4) is 0 Å². The lowest BCUT2D eigenvalue weighted by molar-refractivity contribution is -0.151. The number of piperidine rings is 1. The van der Waals surface area contributed by atoms with Gasteiger partial charge in [0.25, 0.3) is 0 Å². The molecule has 1 atom stereocenters. The topological polar surface area (TPSA) is 59.1 Å². The van der Waals surface area contributed by atoms with Crippen LogP contribution in [-0.2, 0) is 19.1 Å². The zero-order valence-corrected chi connectivity index (χ0v) is 11.5. The number of likely N-dealkylation sites (tertiary alicyclic amines) is 1. The second-order valence-corrected chi connectivity index (χ2v) is 5.05. The van der Waals surface area contributed by atoms with Crippen molar-refractivity contribution in [3.63, 3.8) is 0 Å². The van der Waals surface area contributed by atoms with Gasteiger partial charge in [0.05, 0.1) is 20.3 Å². The standard InChI is InChI=1S/C13H22N2O4/c1-18-13(17)11-10-15(3-2-12(11)16)5-4-14-6-8-19-9-7-14/h11H,2-10H2,1H3. The molecule has 6 heteroatoms. The summed E-state index contributed by atoms with van der Waals surface area (Å²) in [5.41, 5.74) is 0. The van der Waals surface area contributed by atoms with Crippen molar-refractivity contribution in [2.45, 2.75) is 6.42 Å². The van der Waals surface area contributed by atoms with Crippen molar-refractivity contribution in [1.29, 1.82) is 0 Å². The SMILES string of the molecule is COC(=O)C1CN(CCN2CCOCC2)CCC1=O. The average Bonchev–Trinajstić information content (AvgIpc) is 2.46. The van der Waals surface area contributed by atoms with E-state index >= 15 is 0 Å². The van der Waals surface area contributed by atoms with E-state index in [1.165, 1.54) is 7.11 Å². The van der Waals surface area contributed by atoms with Gasteiger partial charge in [-0.2, -0.15) is 0 Å². The van der Waals surface area contributed by atoms with E-state index in [-0.39, 0.29) is 5.78 Å². The number of ketones is 1. The van der Waals surface area contributed by atoms with Gasteiger partial charge < -0.3 is 14.4 Å². The third-order valence-electron chi connectivity index (χ3n) is 3.83. The minimum atomic E-state index is -0.594. The largest absolute Gasteiger partial charge is 0.468 e. The molecule has 0 amide bonds. The molecular formula is C13H22N2O4. The summed E-state index contributed by atoms with van der Waals surface area (Å²) < 4.78 is 10.00. The van der Waals surface area contributed by atoms with Crippen LogP contribution in [0.2, 0.25) is 0 Å². The lowest BCUT2D eigenvalue weighted by atomic mass is 9.96. The number of hydrogen-bond acceptors (Lipinski definition) is 6. The van der Waals surface area contributed by atoms with Crippen LogP contribution in [0.4, 0.5) is 0 Å². The number of morpholine rings is 1. The Morgan fingerprint density at radius 3 is 2.63 bits per heavy atom. The monoisotopic (exact) mass is 270 g/mol. The molecule has 0 aromatic carbocycles. The Morgan fingerprint density at radius 1 is 1.26 bits per heavy atom. The summed E-state index contributed by atoms with van der Waals surface area (Å²) in [5.74, 6) is -0.987. The number of ether oxygens (including phenoxy) is 2. The Kier molecular flexibility index (Phi) is 5.30. The first-order valence-corrected chi connectivity index (χ1v) is 6.83. The van der Waals surface area contributed by atoms with Crippen LogP contribution in [-0.4, -0.2) is 81.1 Å². The van der Waals surface area contributed by atoms with Crippen LogP contribution in [0.5, 0.6) is 0 Å². The lowest BCUT2D eigenvalue weighted by Gasteiger charge is -2.33. The summed E-state index contributed by atoms with van der Waals surface area (Å²) in [5, 5.41) is 0. The van der Waals surface area contributed by atoms with Crippen molar-refractivity contribution in [2.24, 2.45) is 5.92 Å². The number of methoxy groups -OCH3 is 1. The van der Waals surface area contributed by atoms with E-state index < -0.39 is 11.9 Å². The molecule has 0 aliphatic carbocycles.